The first-order valence-corrected chi connectivity index (χ1v) is 5.00. The van der Waals surface area contributed by atoms with E-state index in [1.165, 1.54) is 24.3 Å². The first kappa shape index (κ1) is 12.6. The van der Waals surface area contributed by atoms with Crippen LogP contribution in [0.5, 0.6) is 0 Å². The topological polar surface area (TPSA) is 40.9 Å². The van der Waals surface area contributed by atoms with Gasteiger partial charge in [-0.25, -0.2) is 0 Å². The second kappa shape index (κ2) is 5.03. The molecule has 0 aliphatic heterocycles. The minimum absolute atomic E-state index is 0.0148. The summed E-state index contributed by atoms with van der Waals surface area (Å²) in [6, 6.07) is 6.68. The van der Waals surface area contributed by atoms with E-state index in [1.54, 1.807) is 6.07 Å². The molecule has 1 rings (SSSR count). The van der Waals surface area contributed by atoms with Crippen LogP contribution in [0.15, 0.2) is 29.2 Å². The van der Waals surface area contributed by atoms with E-state index in [0.717, 1.165) is 0 Å². The molecule has 6 heteroatoms. The summed E-state index contributed by atoms with van der Waals surface area (Å²) in [7, 11) is 0. The number of benzene rings is 1. The minimum atomic E-state index is -4.34. The number of Topliss-reactive ketones (excluding diaryl/α,β-unsaturated/α-hetero) is 1. The lowest BCUT2D eigenvalue weighted by Crippen LogP contribution is -2.00. The number of carbonyl (C=O) groups excluding carboxylic acids is 1. The van der Waals surface area contributed by atoms with E-state index in [4.69, 9.17) is 5.26 Å². The predicted molar refractivity (Wildman–Crippen MR) is 52.9 cm³/mol. The third-order valence-electron chi connectivity index (χ3n) is 1.65. The van der Waals surface area contributed by atoms with Crippen molar-refractivity contribution in [2.75, 3.05) is 0 Å². The van der Waals surface area contributed by atoms with Crippen LogP contribution in [0, 0.1) is 11.3 Å². The SMILES string of the molecule is N#CCC(=O)c1ccc(SC(F)(F)F)cc1. The smallest absolute Gasteiger partial charge is 0.293 e. The van der Waals surface area contributed by atoms with Gasteiger partial charge in [0.25, 0.3) is 0 Å². The molecule has 2 nitrogen and oxygen atoms in total. The van der Waals surface area contributed by atoms with Gasteiger partial charge in [0.2, 0.25) is 0 Å². The van der Waals surface area contributed by atoms with Gasteiger partial charge in [-0.2, -0.15) is 18.4 Å². The number of hydrogen-bond donors (Lipinski definition) is 0. The molecule has 0 aliphatic carbocycles. The molecule has 84 valence electrons. The number of rotatable bonds is 3. The highest BCUT2D eigenvalue weighted by Crippen LogP contribution is 2.36. The Balaban J connectivity index is 2.76. The maximum atomic E-state index is 12.0. The maximum Gasteiger partial charge on any atom is 0.446 e. The van der Waals surface area contributed by atoms with Crippen LogP contribution in [-0.2, 0) is 0 Å². The van der Waals surface area contributed by atoms with E-state index in [1.807, 2.05) is 0 Å². The highest BCUT2D eigenvalue weighted by Gasteiger charge is 2.29. The monoisotopic (exact) mass is 245 g/mol. The number of hydrogen-bond acceptors (Lipinski definition) is 3. The molecule has 0 unspecified atom stereocenters. The molecule has 0 atom stereocenters. The maximum absolute atomic E-state index is 12.0. The van der Waals surface area contributed by atoms with E-state index in [9.17, 15) is 18.0 Å². The Labute approximate surface area is 94.1 Å². The van der Waals surface area contributed by atoms with Crippen LogP contribution >= 0.6 is 11.8 Å². The fraction of sp³-hybridized carbons (Fsp3) is 0.200. The zero-order valence-electron chi connectivity index (χ0n) is 7.91. The highest BCUT2D eigenvalue weighted by atomic mass is 32.2. The molecule has 0 saturated heterocycles. The second-order valence-electron chi connectivity index (χ2n) is 2.83. The fourth-order valence-electron chi connectivity index (χ4n) is 1.02. The highest BCUT2D eigenvalue weighted by molar-refractivity contribution is 8.00. The van der Waals surface area contributed by atoms with Gasteiger partial charge in [0.05, 0.1) is 12.5 Å². The van der Waals surface area contributed by atoms with Gasteiger partial charge in [0, 0.05) is 10.5 Å². The number of alkyl halides is 3. The number of nitrogens with zero attached hydrogens (tertiary/aromatic N) is 1. The average Bonchev–Trinajstić information content (AvgIpc) is 2.16. The number of ketones is 1. The summed E-state index contributed by atoms with van der Waals surface area (Å²) in [5, 5.41) is 8.28. The zero-order chi connectivity index (χ0) is 12.2. The van der Waals surface area contributed by atoms with Crippen molar-refractivity contribution in [1.29, 1.82) is 5.26 Å². The summed E-state index contributed by atoms with van der Waals surface area (Å²) in [4.78, 5) is 11.2. The molecule has 0 saturated carbocycles. The number of halogens is 3. The molecule has 0 amide bonds. The standard InChI is InChI=1S/C10H6F3NOS/c11-10(12,13)16-8-3-1-7(2-4-8)9(15)5-6-14/h1-4H,5H2. The Hall–Kier alpha value is -1.48. The molecule has 0 aromatic heterocycles. The molecule has 0 fully saturated rings. The quantitative estimate of drug-likeness (QED) is 0.605. The third-order valence-corrected chi connectivity index (χ3v) is 2.39. The fourth-order valence-corrected chi connectivity index (χ4v) is 1.56. The second-order valence-corrected chi connectivity index (χ2v) is 3.97. The third kappa shape index (κ3) is 3.95. The Bertz CT molecular complexity index is 419. The van der Waals surface area contributed by atoms with Gasteiger partial charge >= 0.3 is 5.51 Å². The van der Waals surface area contributed by atoms with E-state index < -0.39 is 11.3 Å². The van der Waals surface area contributed by atoms with Gasteiger partial charge in [-0.1, -0.05) is 12.1 Å². The summed E-state index contributed by atoms with van der Waals surface area (Å²) in [6.07, 6.45) is -0.272. The first-order chi connectivity index (χ1) is 7.42. The summed E-state index contributed by atoms with van der Waals surface area (Å²) in [6.45, 7) is 0. The van der Waals surface area contributed by atoms with Gasteiger partial charge in [-0.3, -0.25) is 4.79 Å². The van der Waals surface area contributed by atoms with Crippen LogP contribution in [0.2, 0.25) is 0 Å². The van der Waals surface area contributed by atoms with Crippen LogP contribution in [0.25, 0.3) is 0 Å². The van der Waals surface area contributed by atoms with E-state index in [0.29, 0.717) is 0 Å². The first-order valence-electron chi connectivity index (χ1n) is 4.18. The average molecular weight is 245 g/mol. The normalized spacial score (nSPS) is 10.9. The summed E-state index contributed by atoms with van der Waals surface area (Å²) in [5.41, 5.74) is -4.09. The van der Waals surface area contributed by atoms with Crippen LogP contribution in [-0.4, -0.2) is 11.3 Å². The molecule has 16 heavy (non-hydrogen) atoms. The van der Waals surface area contributed by atoms with Crippen LogP contribution in [0.1, 0.15) is 16.8 Å². The molecular formula is C10H6F3NOS. The van der Waals surface area contributed by atoms with Crippen molar-refractivity contribution in [3.05, 3.63) is 29.8 Å². The van der Waals surface area contributed by atoms with Gasteiger partial charge < -0.3 is 0 Å². The summed E-state index contributed by atoms with van der Waals surface area (Å²) in [5.74, 6) is -0.397. The molecule has 0 aliphatic rings. The van der Waals surface area contributed by atoms with Crippen molar-refractivity contribution in [2.45, 2.75) is 16.8 Å². The molecule has 0 heterocycles. The van der Waals surface area contributed by atoms with Gasteiger partial charge in [-0.15, -0.1) is 0 Å². The van der Waals surface area contributed by atoms with E-state index in [2.05, 4.69) is 0 Å². The van der Waals surface area contributed by atoms with Crippen molar-refractivity contribution in [1.82, 2.24) is 0 Å². The van der Waals surface area contributed by atoms with Crippen molar-refractivity contribution in [3.8, 4) is 6.07 Å². The molecule has 0 spiro atoms. The van der Waals surface area contributed by atoms with Gasteiger partial charge in [0.1, 0.15) is 0 Å². The largest absolute Gasteiger partial charge is 0.446 e. The van der Waals surface area contributed by atoms with Crippen LogP contribution in [0.4, 0.5) is 13.2 Å². The number of nitriles is 1. The van der Waals surface area contributed by atoms with Crippen molar-refractivity contribution < 1.29 is 18.0 Å². The number of thioether (sulfide) groups is 1. The van der Waals surface area contributed by atoms with Gasteiger partial charge in [-0.05, 0) is 23.9 Å². The zero-order valence-corrected chi connectivity index (χ0v) is 8.73. The molecule has 0 N–H and O–H groups in total. The molecule has 0 bridgehead atoms. The van der Waals surface area contributed by atoms with Crippen molar-refractivity contribution in [2.24, 2.45) is 0 Å². The van der Waals surface area contributed by atoms with Crippen molar-refractivity contribution in [3.63, 3.8) is 0 Å². The van der Waals surface area contributed by atoms with Crippen LogP contribution in [0.3, 0.4) is 0 Å². The summed E-state index contributed by atoms with van der Waals surface area (Å²) >= 11 is -0.242. The predicted octanol–water partition coefficient (Wildman–Crippen LogP) is 3.39. The van der Waals surface area contributed by atoms with E-state index >= 15 is 0 Å². The minimum Gasteiger partial charge on any atom is -0.293 e. The lowest BCUT2D eigenvalue weighted by molar-refractivity contribution is -0.0328. The lowest BCUT2D eigenvalue weighted by Gasteiger charge is -2.05. The Morgan fingerprint density at radius 1 is 1.31 bits per heavy atom. The molecule has 0 radical (unpaired) electrons. The number of carbonyl (C=O) groups is 1. The Morgan fingerprint density at radius 3 is 2.31 bits per heavy atom. The molecule has 1 aromatic carbocycles. The van der Waals surface area contributed by atoms with Crippen molar-refractivity contribution >= 4 is 17.5 Å². The van der Waals surface area contributed by atoms with Gasteiger partial charge in [0.15, 0.2) is 5.78 Å². The Morgan fingerprint density at radius 2 is 1.88 bits per heavy atom. The summed E-state index contributed by atoms with van der Waals surface area (Å²) < 4.78 is 35.9. The molecular weight excluding hydrogens is 239 g/mol. The molecule has 1 aromatic rings. The van der Waals surface area contributed by atoms with E-state index in [-0.39, 0.29) is 28.6 Å². The Kier molecular flexibility index (Phi) is 3.96. The van der Waals surface area contributed by atoms with Crippen LogP contribution < -0.4 is 0 Å². The lowest BCUT2D eigenvalue weighted by atomic mass is 10.1.